The van der Waals surface area contributed by atoms with Crippen LogP contribution in [0.5, 0.6) is 0 Å². The highest BCUT2D eigenvalue weighted by Gasteiger charge is 2.29. The summed E-state index contributed by atoms with van der Waals surface area (Å²) in [7, 11) is 0.787. The molecule has 0 aliphatic carbocycles. The molecule has 0 amide bonds. The van der Waals surface area contributed by atoms with E-state index in [1.54, 1.807) is 0 Å². The molecular weight excluding hydrogens is 246 g/mol. The Morgan fingerprint density at radius 2 is 2.33 bits per heavy atom. The van der Waals surface area contributed by atoms with Gasteiger partial charge in [-0.25, -0.2) is 8.42 Å². The van der Waals surface area contributed by atoms with Gasteiger partial charge in [-0.2, -0.15) is 4.68 Å². The molecule has 0 spiro atoms. The van der Waals surface area contributed by atoms with E-state index in [1.807, 2.05) is 0 Å². The van der Waals surface area contributed by atoms with Crippen LogP contribution in [0.3, 0.4) is 0 Å². The topological polar surface area (TPSA) is 95.1 Å². The van der Waals surface area contributed by atoms with E-state index in [9.17, 15) is 18.5 Å². The van der Waals surface area contributed by atoms with Gasteiger partial charge in [-0.1, -0.05) is 5.92 Å². The van der Waals surface area contributed by atoms with Crippen LogP contribution in [-0.2, 0) is 15.6 Å². The molecule has 0 atom stereocenters. The Balaban J connectivity index is 3.38. The maximum Gasteiger partial charge on any atom is 0.410 e. The maximum atomic E-state index is 10.9. The second kappa shape index (κ2) is 3.88. The Kier molecular flexibility index (Phi) is 2.97. The van der Waals surface area contributed by atoms with Gasteiger partial charge in [0.2, 0.25) is 4.90 Å². The van der Waals surface area contributed by atoms with E-state index in [0.29, 0.717) is 0 Å². The molecule has 1 aromatic heterocycles. The highest BCUT2D eigenvalue weighted by Crippen LogP contribution is 2.24. The summed E-state index contributed by atoms with van der Waals surface area (Å²) in [5, 5.41) is 13.8. The van der Waals surface area contributed by atoms with Crippen molar-refractivity contribution in [3.8, 4) is 12.3 Å². The van der Waals surface area contributed by atoms with Crippen molar-refractivity contribution in [2.45, 2.75) is 11.4 Å². The summed E-state index contributed by atoms with van der Waals surface area (Å²) < 4.78 is 22.8. The lowest BCUT2D eigenvalue weighted by Crippen LogP contribution is -1.97. The van der Waals surface area contributed by atoms with Crippen LogP contribution in [0.25, 0.3) is 0 Å². The number of rotatable bonds is 3. The van der Waals surface area contributed by atoms with Crippen molar-refractivity contribution in [2.24, 2.45) is 0 Å². The lowest BCUT2D eigenvalue weighted by Gasteiger charge is -1.89. The number of hydrogen-bond acceptors (Lipinski definition) is 5. The lowest BCUT2D eigenvalue weighted by molar-refractivity contribution is -0.392. The predicted molar refractivity (Wildman–Crippen MR) is 50.8 cm³/mol. The SMILES string of the molecule is C#CCn1cc(S(=O)(=O)Cl)c([N+](=O)[O-])n1. The van der Waals surface area contributed by atoms with Crippen molar-refractivity contribution in [1.29, 1.82) is 0 Å². The fraction of sp³-hybridized carbons (Fsp3) is 0.167. The molecule has 15 heavy (non-hydrogen) atoms. The fourth-order valence-electron chi connectivity index (χ4n) is 0.866. The largest absolute Gasteiger partial charge is 0.410 e. The van der Waals surface area contributed by atoms with Crippen LogP contribution in [0, 0.1) is 22.5 Å². The van der Waals surface area contributed by atoms with Crippen molar-refractivity contribution >= 4 is 25.6 Å². The zero-order valence-electron chi connectivity index (χ0n) is 7.12. The van der Waals surface area contributed by atoms with Gasteiger partial charge in [0, 0.05) is 10.7 Å². The minimum Gasteiger partial charge on any atom is -0.358 e. The molecule has 80 valence electrons. The Morgan fingerprint density at radius 3 is 2.67 bits per heavy atom. The van der Waals surface area contributed by atoms with Crippen LogP contribution < -0.4 is 0 Å². The summed E-state index contributed by atoms with van der Waals surface area (Å²) in [6.07, 6.45) is 5.86. The van der Waals surface area contributed by atoms with Crippen LogP contribution in [-0.4, -0.2) is 23.1 Å². The van der Waals surface area contributed by atoms with Gasteiger partial charge in [0.1, 0.15) is 6.54 Å². The second-order valence-corrected chi connectivity index (χ2v) is 4.95. The van der Waals surface area contributed by atoms with Gasteiger partial charge in [-0.3, -0.25) is 0 Å². The number of aromatic nitrogens is 2. The molecule has 1 aromatic rings. The van der Waals surface area contributed by atoms with Gasteiger partial charge in [0.05, 0.1) is 11.3 Å². The molecular formula is C6H4ClN3O4S. The number of nitrogens with zero attached hydrogens (tertiary/aromatic N) is 3. The monoisotopic (exact) mass is 249 g/mol. The Labute approximate surface area is 89.2 Å². The molecule has 0 fully saturated rings. The van der Waals surface area contributed by atoms with E-state index in [-0.39, 0.29) is 6.54 Å². The first-order chi connectivity index (χ1) is 6.86. The maximum absolute atomic E-state index is 10.9. The molecule has 9 heteroatoms. The average Bonchev–Trinajstić information content (AvgIpc) is 2.48. The van der Waals surface area contributed by atoms with E-state index in [0.717, 1.165) is 10.9 Å². The standard InChI is InChI=1S/C6H4ClN3O4S/c1-2-3-9-4-5(15(7,13)14)6(8-9)10(11)12/h1,4H,3H2. The zero-order chi connectivity index (χ0) is 11.6. The van der Waals surface area contributed by atoms with Gasteiger partial charge >= 0.3 is 5.82 Å². The normalized spacial score (nSPS) is 10.9. The number of halogens is 1. The highest BCUT2D eigenvalue weighted by atomic mass is 35.7. The third-order valence-electron chi connectivity index (χ3n) is 1.40. The van der Waals surface area contributed by atoms with E-state index in [2.05, 4.69) is 11.0 Å². The zero-order valence-corrected chi connectivity index (χ0v) is 8.70. The minimum atomic E-state index is -4.20. The van der Waals surface area contributed by atoms with Crippen LogP contribution in [0.15, 0.2) is 11.1 Å². The Hall–Kier alpha value is -1.59. The van der Waals surface area contributed by atoms with Crippen LogP contribution in [0.1, 0.15) is 0 Å². The number of nitro groups is 1. The summed E-state index contributed by atoms with van der Waals surface area (Å²) in [5.74, 6) is 1.32. The first-order valence-corrected chi connectivity index (χ1v) is 5.77. The molecule has 0 aliphatic heterocycles. The van der Waals surface area contributed by atoms with Crippen molar-refractivity contribution in [2.75, 3.05) is 0 Å². The third-order valence-corrected chi connectivity index (χ3v) is 2.71. The molecule has 0 unspecified atom stereocenters. The van der Waals surface area contributed by atoms with E-state index < -0.39 is 24.7 Å². The van der Waals surface area contributed by atoms with E-state index in [4.69, 9.17) is 17.1 Å². The predicted octanol–water partition coefficient (Wildman–Crippen LogP) is 0.352. The molecule has 0 N–H and O–H groups in total. The molecule has 0 aromatic carbocycles. The molecule has 0 saturated heterocycles. The van der Waals surface area contributed by atoms with Crippen LogP contribution in [0.4, 0.5) is 5.82 Å². The third kappa shape index (κ3) is 2.45. The molecule has 0 radical (unpaired) electrons. The van der Waals surface area contributed by atoms with E-state index >= 15 is 0 Å². The van der Waals surface area contributed by atoms with Crippen molar-refractivity contribution in [3.63, 3.8) is 0 Å². The van der Waals surface area contributed by atoms with Crippen LogP contribution >= 0.6 is 10.7 Å². The quantitative estimate of drug-likeness (QED) is 0.333. The van der Waals surface area contributed by atoms with Crippen molar-refractivity contribution in [1.82, 2.24) is 9.78 Å². The second-order valence-electron chi connectivity index (χ2n) is 2.41. The first kappa shape index (κ1) is 11.5. The minimum absolute atomic E-state index is 0.0761. The van der Waals surface area contributed by atoms with Gasteiger partial charge in [-0.15, -0.1) is 6.42 Å². The number of terminal acetylenes is 1. The Morgan fingerprint density at radius 1 is 1.73 bits per heavy atom. The Bertz CT molecular complexity index is 541. The highest BCUT2D eigenvalue weighted by molar-refractivity contribution is 8.13. The summed E-state index contributed by atoms with van der Waals surface area (Å²) >= 11 is 0. The van der Waals surface area contributed by atoms with Crippen molar-refractivity contribution < 1.29 is 13.3 Å². The summed E-state index contributed by atoms with van der Waals surface area (Å²) in [6.45, 7) is -0.0761. The van der Waals surface area contributed by atoms with Gasteiger partial charge in [0.15, 0.2) is 0 Å². The lowest BCUT2D eigenvalue weighted by atomic mass is 10.6. The summed E-state index contributed by atoms with van der Waals surface area (Å²) in [6, 6.07) is 0. The summed E-state index contributed by atoms with van der Waals surface area (Å²) in [5.41, 5.74) is 0. The van der Waals surface area contributed by atoms with Gasteiger partial charge in [-0.05, 0) is 4.92 Å². The van der Waals surface area contributed by atoms with Crippen molar-refractivity contribution in [3.05, 3.63) is 16.3 Å². The van der Waals surface area contributed by atoms with E-state index in [1.165, 1.54) is 0 Å². The van der Waals surface area contributed by atoms with Gasteiger partial charge in [0.25, 0.3) is 9.05 Å². The molecule has 0 aliphatic rings. The molecule has 7 nitrogen and oxygen atoms in total. The number of hydrogen-bond donors (Lipinski definition) is 0. The van der Waals surface area contributed by atoms with Crippen LogP contribution in [0.2, 0.25) is 0 Å². The summed E-state index contributed by atoms with van der Waals surface area (Å²) in [4.78, 5) is 8.84. The van der Waals surface area contributed by atoms with Gasteiger partial charge < -0.3 is 10.1 Å². The molecule has 1 rings (SSSR count). The first-order valence-electron chi connectivity index (χ1n) is 3.46. The smallest absolute Gasteiger partial charge is 0.358 e. The molecule has 0 saturated carbocycles. The average molecular weight is 250 g/mol. The molecule has 0 bridgehead atoms. The molecule has 1 heterocycles. The fourth-order valence-corrected chi connectivity index (χ4v) is 1.77.